The number of pyridine rings is 1. The maximum Gasteiger partial charge on any atom is 0.332 e. The van der Waals surface area contributed by atoms with Gasteiger partial charge in [-0.25, -0.2) is 4.98 Å². The first-order valence-corrected chi connectivity index (χ1v) is 6.01. The van der Waals surface area contributed by atoms with Gasteiger partial charge in [0, 0.05) is 11.5 Å². The van der Waals surface area contributed by atoms with Crippen molar-refractivity contribution in [2.24, 2.45) is 0 Å². The Labute approximate surface area is 114 Å². The van der Waals surface area contributed by atoms with E-state index in [1.165, 1.54) is 6.07 Å². The number of benzene rings is 2. The second-order valence-corrected chi connectivity index (χ2v) is 4.18. The second kappa shape index (κ2) is 4.97. The van der Waals surface area contributed by atoms with E-state index in [9.17, 15) is 10.1 Å². The summed E-state index contributed by atoms with van der Waals surface area (Å²) in [5, 5.41) is 11.8. The summed E-state index contributed by atoms with van der Waals surface area (Å²) in [4.78, 5) is 14.9. The first-order chi connectivity index (χ1) is 9.74. The fraction of sp³-hybridized carbons (Fsp3) is 0. The Morgan fingerprint density at radius 3 is 2.45 bits per heavy atom. The highest BCUT2D eigenvalue weighted by molar-refractivity contribution is 5.82. The van der Waals surface area contributed by atoms with Crippen molar-refractivity contribution in [1.82, 2.24) is 4.98 Å². The molecule has 5 nitrogen and oxygen atoms in total. The number of aromatic nitrogens is 1. The molecular weight excluding hydrogens is 256 g/mol. The number of para-hydroxylation sites is 2. The van der Waals surface area contributed by atoms with Crippen molar-refractivity contribution in [3.63, 3.8) is 0 Å². The molecule has 0 saturated carbocycles. The summed E-state index contributed by atoms with van der Waals surface area (Å²) in [6.07, 6.45) is 0. The minimum Gasteiger partial charge on any atom is -0.434 e. The Balaban J connectivity index is 2.12. The van der Waals surface area contributed by atoms with Crippen molar-refractivity contribution in [2.75, 3.05) is 0 Å². The molecule has 3 aromatic rings. The molecule has 3 rings (SSSR count). The van der Waals surface area contributed by atoms with Crippen LogP contribution in [-0.4, -0.2) is 9.91 Å². The molecule has 1 aromatic heterocycles. The molecule has 0 aliphatic carbocycles. The summed E-state index contributed by atoms with van der Waals surface area (Å²) in [5.74, 6) is 0.512. The molecule has 98 valence electrons. The van der Waals surface area contributed by atoms with Crippen LogP contribution < -0.4 is 4.74 Å². The molecule has 2 aromatic carbocycles. The summed E-state index contributed by atoms with van der Waals surface area (Å²) < 4.78 is 5.53. The molecule has 0 fully saturated rings. The minimum atomic E-state index is -0.488. The minimum absolute atomic E-state index is 0.0000926. The monoisotopic (exact) mass is 266 g/mol. The van der Waals surface area contributed by atoms with Crippen molar-refractivity contribution in [3.05, 3.63) is 70.8 Å². The van der Waals surface area contributed by atoms with Crippen molar-refractivity contribution in [3.8, 4) is 11.6 Å². The summed E-state index contributed by atoms with van der Waals surface area (Å²) >= 11 is 0. The molecule has 0 radical (unpaired) electrons. The lowest BCUT2D eigenvalue weighted by atomic mass is 10.2. The van der Waals surface area contributed by atoms with Gasteiger partial charge in [-0.2, -0.15) is 0 Å². The number of hydrogen-bond acceptors (Lipinski definition) is 4. The third kappa shape index (κ3) is 2.29. The van der Waals surface area contributed by atoms with Gasteiger partial charge in [-0.15, -0.1) is 0 Å². The van der Waals surface area contributed by atoms with Gasteiger partial charge in [0.2, 0.25) is 0 Å². The van der Waals surface area contributed by atoms with E-state index in [1.54, 1.807) is 36.4 Å². The first-order valence-electron chi connectivity index (χ1n) is 6.01. The van der Waals surface area contributed by atoms with Crippen LogP contribution in [0, 0.1) is 10.1 Å². The van der Waals surface area contributed by atoms with Gasteiger partial charge in [0.25, 0.3) is 5.88 Å². The van der Waals surface area contributed by atoms with Crippen molar-refractivity contribution in [2.45, 2.75) is 0 Å². The summed E-state index contributed by atoms with van der Waals surface area (Å²) in [6, 6.07) is 17.6. The quantitative estimate of drug-likeness (QED) is 0.532. The van der Waals surface area contributed by atoms with Gasteiger partial charge in [-0.1, -0.05) is 36.4 Å². The van der Waals surface area contributed by atoms with Gasteiger partial charge >= 0.3 is 5.69 Å². The number of nitro groups is 1. The average Bonchev–Trinajstić information content (AvgIpc) is 2.47. The molecule has 0 N–H and O–H groups in total. The van der Waals surface area contributed by atoms with Gasteiger partial charge < -0.3 is 4.74 Å². The van der Waals surface area contributed by atoms with Crippen LogP contribution >= 0.6 is 0 Å². The van der Waals surface area contributed by atoms with Gasteiger partial charge in [0.15, 0.2) is 0 Å². The first kappa shape index (κ1) is 12.1. The Morgan fingerprint density at radius 1 is 1.00 bits per heavy atom. The van der Waals surface area contributed by atoms with Crippen LogP contribution in [-0.2, 0) is 0 Å². The van der Waals surface area contributed by atoms with Crippen LogP contribution in [0.5, 0.6) is 11.6 Å². The molecule has 0 saturated heterocycles. The fourth-order valence-electron chi connectivity index (χ4n) is 1.89. The number of fused-ring (bicyclic) bond motifs is 1. The number of rotatable bonds is 3. The van der Waals surface area contributed by atoms with Crippen molar-refractivity contribution in [1.29, 1.82) is 0 Å². The predicted molar refractivity (Wildman–Crippen MR) is 74.9 cm³/mol. The lowest BCUT2D eigenvalue weighted by Crippen LogP contribution is -1.96. The highest BCUT2D eigenvalue weighted by Gasteiger charge is 2.19. The SMILES string of the molecule is O=[N+]([O-])c1cc2ccccc2nc1Oc1ccccc1. The maximum atomic E-state index is 11.1. The van der Waals surface area contributed by atoms with Crippen LogP contribution in [0.15, 0.2) is 60.7 Å². The van der Waals surface area contributed by atoms with Crippen LogP contribution in [0.4, 0.5) is 5.69 Å². The third-order valence-corrected chi connectivity index (χ3v) is 2.82. The highest BCUT2D eigenvalue weighted by atomic mass is 16.6. The Bertz CT molecular complexity index is 772. The molecule has 0 atom stereocenters. The van der Waals surface area contributed by atoms with E-state index in [0.29, 0.717) is 16.7 Å². The van der Waals surface area contributed by atoms with E-state index in [2.05, 4.69) is 4.98 Å². The molecule has 1 heterocycles. The van der Waals surface area contributed by atoms with E-state index in [4.69, 9.17) is 4.74 Å². The second-order valence-electron chi connectivity index (χ2n) is 4.18. The average molecular weight is 266 g/mol. The third-order valence-electron chi connectivity index (χ3n) is 2.82. The number of nitrogens with zero attached hydrogens (tertiary/aromatic N) is 2. The van der Waals surface area contributed by atoms with Crippen molar-refractivity contribution < 1.29 is 9.66 Å². The van der Waals surface area contributed by atoms with E-state index < -0.39 is 4.92 Å². The van der Waals surface area contributed by atoms with Gasteiger partial charge in [0.05, 0.1) is 10.4 Å². The summed E-state index contributed by atoms with van der Waals surface area (Å²) in [5.41, 5.74) is 0.511. The molecule has 0 aliphatic heterocycles. The molecule has 0 spiro atoms. The Morgan fingerprint density at radius 2 is 1.70 bits per heavy atom. The van der Waals surface area contributed by atoms with Crippen molar-refractivity contribution >= 4 is 16.6 Å². The molecule has 5 heteroatoms. The molecule has 0 aliphatic rings. The van der Waals surface area contributed by atoms with Gasteiger partial charge in [0.1, 0.15) is 5.75 Å². The lowest BCUT2D eigenvalue weighted by Gasteiger charge is -2.06. The van der Waals surface area contributed by atoms with Crippen LogP contribution in [0.1, 0.15) is 0 Å². The fourth-order valence-corrected chi connectivity index (χ4v) is 1.89. The van der Waals surface area contributed by atoms with Crippen LogP contribution in [0.3, 0.4) is 0 Å². The Kier molecular flexibility index (Phi) is 3.01. The normalized spacial score (nSPS) is 10.4. The highest BCUT2D eigenvalue weighted by Crippen LogP contribution is 2.32. The topological polar surface area (TPSA) is 65.3 Å². The summed E-state index contributed by atoms with van der Waals surface area (Å²) in [7, 11) is 0. The molecule has 0 bridgehead atoms. The zero-order chi connectivity index (χ0) is 13.9. The Hall–Kier alpha value is -2.95. The van der Waals surface area contributed by atoms with Crippen LogP contribution in [0.25, 0.3) is 10.9 Å². The van der Waals surface area contributed by atoms with E-state index >= 15 is 0 Å². The zero-order valence-corrected chi connectivity index (χ0v) is 10.4. The summed E-state index contributed by atoms with van der Waals surface area (Å²) in [6.45, 7) is 0. The zero-order valence-electron chi connectivity index (χ0n) is 10.4. The van der Waals surface area contributed by atoms with E-state index in [1.807, 2.05) is 18.2 Å². The smallest absolute Gasteiger partial charge is 0.332 e. The van der Waals surface area contributed by atoms with Crippen LogP contribution in [0.2, 0.25) is 0 Å². The molecular formula is C15H10N2O3. The predicted octanol–water partition coefficient (Wildman–Crippen LogP) is 3.94. The molecule has 20 heavy (non-hydrogen) atoms. The number of hydrogen-bond donors (Lipinski definition) is 0. The lowest BCUT2D eigenvalue weighted by molar-refractivity contribution is -0.385. The molecule has 0 amide bonds. The largest absolute Gasteiger partial charge is 0.434 e. The standard InChI is InChI=1S/C15H10N2O3/c18-17(19)14-10-11-6-4-5-9-13(11)16-15(14)20-12-7-2-1-3-8-12/h1-10H. The number of ether oxygens (including phenoxy) is 1. The molecule has 0 unspecified atom stereocenters. The van der Waals surface area contributed by atoms with Gasteiger partial charge in [-0.05, 0) is 18.2 Å². The van der Waals surface area contributed by atoms with Gasteiger partial charge in [-0.3, -0.25) is 10.1 Å². The van der Waals surface area contributed by atoms with E-state index in [0.717, 1.165) is 0 Å². The maximum absolute atomic E-state index is 11.1. The van der Waals surface area contributed by atoms with E-state index in [-0.39, 0.29) is 11.6 Å².